The van der Waals surface area contributed by atoms with Gasteiger partial charge in [0.2, 0.25) is 0 Å². The number of benzene rings is 1. The lowest BCUT2D eigenvalue weighted by Gasteiger charge is -2.21. The van der Waals surface area contributed by atoms with Gasteiger partial charge in [0.25, 0.3) is 0 Å². The van der Waals surface area contributed by atoms with Crippen LogP contribution in [0.3, 0.4) is 0 Å². The van der Waals surface area contributed by atoms with Gasteiger partial charge in [0, 0.05) is 13.0 Å². The highest BCUT2D eigenvalue weighted by atomic mass is 35.5. The van der Waals surface area contributed by atoms with E-state index < -0.39 is 5.82 Å². The van der Waals surface area contributed by atoms with Crippen molar-refractivity contribution in [3.8, 4) is 0 Å². The van der Waals surface area contributed by atoms with Gasteiger partial charge in [-0.3, -0.25) is 4.79 Å². The van der Waals surface area contributed by atoms with Crippen molar-refractivity contribution < 1.29 is 13.9 Å². The quantitative estimate of drug-likeness (QED) is 0.830. The zero-order valence-corrected chi connectivity index (χ0v) is 10.2. The Hall–Kier alpha value is -0.930. The molecular formula is C13H14ClFO2. The minimum absolute atomic E-state index is 0.0485. The normalized spacial score (nSPS) is 20.2. The predicted molar refractivity (Wildman–Crippen MR) is 63.7 cm³/mol. The van der Waals surface area contributed by atoms with Crippen molar-refractivity contribution in [2.24, 2.45) is 0 Å². The van der Waals surface area contributed by atoms with E-state index in [1.807, 2.05) is 0 Å². The second-order valence-corrected chi connectivity index (χ2v) is 4.65. The van der Waals surface area contributed by atoms with E-state index in [4.69, 9.17) is 16.3 Å². The first-order chi connectivity index (χ1) is 8.16. The number of ether oxygens (including phenoxy) is 1. The fourth-order valence-electron chi connectivity index (χ4n) is 1.96. The maximum atomic E-state index is 12.9. The van der Waals surface area contributed by atoms with Crippen LogP contribution in [0.25, 0.3) is 0 Å². The summed E-state index contributed by atoms with van der Waals surface area (Å²) in [7, 11) is 0. The van der Waals surface area contributed by atoms with Gasteiger partial charge in [0.05, 0.1) is 5.02 Å². The lowest BCUT2D eigenvalue weighted by atomic mass is 10.00. The second-order valence-electron chi connectivity index (χ2n) is 4.25. The number of Topliss-reactive ketones (excluding diaryl/α,β-unsaturated/α-hetero) is 1. The van der Waals surface area contributed by atoms with Crippen molar-refractivity contribution in [2.75, 3.05) is 6.61 Å². The molecular weight excluding hydrogens is 243 g/mol. The number of rotatable bonds is 3. The summed E-state index contributed by atoms with van der Waals surface area (Å²) >= 11 is 5.67. The van der Waals surface area contributed by atoms with Crippen molar-refractivity contribution >= 4 is 17.4 Å². The standard InChI is InChI=1S/C13H14ClFO2/c14-10-7-9(4-5-11(10)15)8-12(16)13-3-1-2-6-17-13/h4-5,7,13H,1-3,6,8H2. The first kappa shape index (κ1) is 12.5. The second kappa shape index (κ2) is 5.61. The van der Waals surface area contributed by atoms with Crippen molar-refractivity contribution in [3.63, 3.8) is 0 Å². The molecule has 0 radical (unpaired) electrons. The Labute approximate surface area is 105 Å². The molecule has 1 aliphatic rings. The summed E-state index contributed by atoms with van der Waals surface area (Å²) in [5.74, 6) is -0.413. The van der Waals surface area contributed by atoms with Crippen LogP contribution in [-0.2, 0) is 16.0 Å². The maximum absolute atomic E-state index is 12.9. The number of carbonyl (C=O) groups is 1. The summed E-state index contributed by atoms with van der Waals surface area (Å²) in [4.78, 5) is 11.9. The molecule has 0 aromatic heterocycles. The smallest absolute Gasteiger partial charge is 0.165 e. The number of carbonyl (C=O) groups excluding carboxylic acids is 1. The van der Waals surface area contributed by atoms with Gasteiger partial charge < -0.3 is 4.74 Å². The highest BCUT2D eigenvalue weighted by Crippen LogP contribution is 2.19. The van der Waals surface area contributed by atoms with E-state index in [0.717, 1.165) is 24.8 Å². The average molecular weight is 257 g/mol. The molecule has 0 spiro atoms. The van der Waals surface area contributed by atoms with Gasteiger partial charge in [-0.15, -0.1) is 0 Å². The molecule has 1 aromatic rings. The molecule has 1 unspecified atom stereocenters. The van der Waals surface area contributed by atoms with Crippen molar-refractivity contribution in [1.82, 2.24) is 0 Å². The average Bonchev–Trinajstić information content (AvgIpc) is 2.35. The van der Waals surface area contributed by atoms with E-state index in [-0.39, 0.29) is 23.3 Å². The molecule has 17 heavy (non-hydrogen) atoms. The number of ketones is 1. The van der Waals surface area contributed by atoms with Gasteiger partial charge in [-0.1, -0.05) is 17.7 Å². The third-order valence-corrected chi connectivity index (χ3v) is 3.19. The highest BCUT2D eigenvalue weighted by molar-refractivity contribution is 6.30. The topological polar surface area (TPSA) is 26.3 Å². The highest BCUT2D eigenvalue weighted by Gasteiger charge is 2.21. The molecule has 0 aliphatic carbocycles. The van der Waals surface area contributed by atoms with E-state index in [9.17, 15) is 9.18 Å². The molecule has 1 fully saturated rings. The summed E-state index contributed by atoms with van der Waals surface area (Å²) < 4.78 is 18.4. The van der Waals surface area contributed by atoms with Gasteiger partial charge in [-0.2, -0.15) is 0 Å². The number of hydrogen-bond donors (Lipinski definition) is 0. The molecule has 0 bridgehead atoms. The zero-order chi connectivity index (χ0) is 12.3. The van der Waals surface area contributed by atoms with Crippen LogP contribution in [0.4, 0.5) is 4.39 Å². The Bertz CT molecular complexity index is 414. The molecule has 4 heteroatoms. The third kappa shape index (κ3) is 3.27. The van der Waals surface area contributed by atoms with Crippen LogP contribution in [0.2, 0.25) is 5.02 Å². The molecule has 0 amide bonds. The van der Waals surface area contributed by atoms with Gasteiger partial charge in [-0.25, -0.2) is 4.39 Å². The van der Waals surface area contributed by atoms with Crippen molar-refractivity contribution in [3.05, 3.63) is 34.6 Å². The molecule has 2 nitrogen and oxygen atoms in total. The first-order valence-corrected chi connectivity index (χ1v) is 6.13. The summed E-state index contributed by atoms with van der Waals surface area (Å²) in [5.41, 5.74) is 0.732. The summed E-state index contributed by atoms with van der Waals surface area (Å²) in [5, 5.41) is 0.0554. The largest absolute Gasteiger partial charge is 0.370 e. The minimum atomic E-state index is -0.461. The van der Waals surface area contributed by atoms with E-state index in [1.54, 1.807) is 6.07 Å². The maximum Gasteiger partial charge on any atom is 0.165 e. The van der Waals surface area contributed by atoms with Crippen LogP contribution < -0.4 is 0 Å². The van der Waals surface area contributed by atoms with Crippen LogP contribution >= 0.6 is 11.6 Å². The molecule has 2 rings (SSSR count). The Morgan fingerprint density at radius 2 is 2.29 bits per heavy atom. The first-order valence-electron chi connectivity index (χ1n) is 5.75. The van der Waals surface area contributed by atoms with Gasteiger partial charge in [0.15, 0.2) is 5.78 Å². The summed E-state index contributed by atoms with van der Waals surface area (Å²) in [6.07, 6.45) is 2.79. The van der Waals surface area contributed by atoms with Crippen molar-refractivity contribution in [1.29, 1.82) is 0 Å². The number of hydrogen-bond acceptors (Lipinski definition) is 2. The van der Waals surface area contributed by atoms with Crippen molar-refractivity contribution in [2.45, 2.75) is 31.8 Å². The molecule has 1 atom stereocenters. The van der Waals surface area contributed by atoms with Crippen LogP contribution in [0.5, 0.6) is 0 Å². The Morgan fingerprint density at radius 1 is 1.47 bits per heavy atom. The summed E-state index contributed by atoms with van der Waals surface area (Å²) in [6.45, 7) is 0.653. The monoisotopic (exact) mass is 256 g/mol. The SMILES string of the molecule is O=C(Cc1ccc(F)c(Cl)c1)C1CCCCO1. The van der Waals surface area contributed by atoms with E-state index in [0.29, 0.717) is 6.61 Å². The zero-order valence-electron chi connectivity index (χ0n) is 9.42. The lowest BCUT2D eigenvalue weighted by molar-refractivity contribution is -0.132. The fourth-order valence-corrected chi connectivity index (χ4v) is 2.16. The lowest BCUT2D eigenvalue weighted by Crippen LogP contribution is -2.29. The molecule has 0 saturated carbocycles. The minimum Gasteiger partial charge on any atom is -0.370 e. The molecule has 1 heterocycles. The fraction of sp³-hybridized carbons (Fsp3) is 0.462. The van der Waals surface area contributed by atoms with E-state index in [1.165, 1.54) is 12.1 Å². The summed E-state index contributed by atoms with van der Waals surface area (Å²) in [6, 6.07) is 4.37. The van der Waals surface area contributed by atoms with Crippen LogP contribution in [0.15, 0.2) is 18.2 Å². The molecule has 1 aliphatic heterocycles. The van der Waals surface area contributed by atoms with Crippen LogP contribution in [0, 0.1) is 5.82 Å². The van der Waals surface area contributed by atoms with Gasteiger partial charge in [-0.05, 0) is 37.0 Å². The molecule has 0 N–H and O–H groups in total. The number of halogens is 2. The van der Waals surface area contributed by atoms with Gasteiger partial charge in [0.1, 0.15) is 11.9 Å². The van der Waals surface area contributed by atoms with Gasteiger partial charge >= 0.3 is 0 Å². The Kier molecular flexibility index (Phi) is 4.13. The predicted octanol–water partition coefficient (Wildman–Crippen LogP) is 3.16. The van der Waals surface area contributed by atoms with E-state index in [2.05, 4.69) is 0 Å². The molecule has 1 saturated heterocycles. The Balaban J connectivity index is 1.99. The van der Waals surface area contributed by atoms with Crippen LogP contribution in [-0.4, -0.2) is 18.5 Å². The Morgan fingerprint density at radius 3 is 2.94 bits per heavy atom. The molecule has 1 aromatic carbocycles. The molecule has 92 valence electrons. The van der Waals surface area contributed by atoms with Crippen LogP contribution in [0.1, 0.15) is 24.8 Å². The van der Waals surface area contributed by atoms with E-state index >= 15 is 0 Å². The third-order valence-electron chi connectivity index (χ3n) is 2.90.